The van der Waals surface area contributed by atoms with Gasteiger partial charge in [-0.15, -0.1) is 12.4 Å². The summed E-state index contributed by atoms with van der Waals surface area (Å²) >= 11 is 0. The smallest absolute Gasteiger partial charge is 0.379 e. The molecule has 1 fully saturated rings. The molecule has 1 saturated heterocycles. The summed E-state index contributed by atoms with van der Waals surface area (Å²) in [6.07, 6.45) is -5.14. The zero-order valence-electron chi connectivity index (χ0n) is 10.3. The maximum Gasteiger partial charge on any atom is 0.419 e. The second kappa shape index (κ2) is 6.08. The van der Waals surface area contributed by atoms with Crippen LogP contribution in [0.5, 0.6) is 0 Å². The molecule has 0 bridgehead atoms. The Hall–Kier alpha value is -0.530. The van der Waals surface area contributed by atoms with Crippen LogP contribution in [0.25, 0.3) is 0 Å². The number of amides is 1. The van der Waals surface area contributed by atoms with Gasteiger partial charge < -0.3 is 15.3 Å². The molecule has 0 saturated carbocycles. The fourth-order valence-electron chi connectivity index (χ4n) is 1.92. The molecular formula is C10H18ClF3N2O2. The lowest BCUT2D eigenvalue weighted by atomic mass is 10.0. The minimum Gasteiger partial charge on any atom is -0.379 e. The molecule has 18 heavy (non-hydrogen) atoms. The van der Waals surface area contributed by atoms with Crippen molar-refractivity contribution < 1.29 is 23.1 Å². The number of alkyl halides is 3. The molecule has 0 aromatic heterocycles. The molecule has 108 valence electrons. The van der Waals surface area contributed by atoms with E-state index in [0.29, 0.717) is 6.54 Å². The van der Waals surface area contributed by atoms with Gasteiger partial charge in [-0.3, -0.25) is 4.79 Å². The van der Waals surface area contributed by atoms with E-state index in [2.05, 4.69) is 5.32 Å². The minimum absolute atomic E-state index is 0. The van der Waals surface area contributed by atoms with Gasteiger partial charge in [0.25, 0.3) is 0 Å². The van der Waals surface area contributed by atoms with Crippen molar-refractivity contribution >= 4 is 18.3 Å². The Morgan fingerprint density at radius 2 is 2.11 bits per heavy atom. The van der Waals surface area contributed by atoms with Gasteiger partial charge in [-0.1, -0.05) is 6.92 Å². The Labute approximate surface area is 110 Å². The van der Waals surface area contributed by atoms with Crippen molar-refractivity contribution in [2.75, 3.05) is 26.7 Å². The lowest BCUT2D eigenvalue weighted by Gasteiger charge is -2.26. The normalized spacial score (nSPS) is 25.8. The molecule has 4 nitrogen and oxygen atoms in total. The Balaban J connectivity index is 0.00000289. The zero-order chi connectivity index (χ0) is 13.3. The number of aliphatic hydroxyl groups is 1. The predicted molar refractivity (Wildman–Crippen MR) is 62.5 cm³/mol. The van der Waals surface area contributed by atoms with Crippen molar-refractivity contribution in [1.29, 1.82) is 0 Å². The van der Waals surface area contributed by atoms with Crippen LogP contribution in [0.3, 0.4) is 0 Å². The third-order valence-electron chi connectivity index (χ3n) is 3.02. The molecular weight excluding hydrogens is 273 g/mol. The maximum absolute atomic E-state index is 12.5. The molecule has 0 spiro atoms. The summed E-state index contributed by atoms with van der Waals surface area (Å²) in [7, 11) is 1.67. The molecule has 0 aliphatic carbocycles. The van der Waals surface area contributed by atoms with Crippen LogP contribution in [0, 0.1) is 5.92 Å². The summed E-state index contributed by atoms with van der Waals surface area (Å²) in [4.78, 5) is 12.8. The first-order valence-corrected chi connectivity index (χ1v) is 5.44. The fourth-order valence-corrected chi connectivity index (χ4v) is 1.92. The molecule has 1 rings (SSSR count). The lowest BCUT2D eigenvalue weighted by Crippen LogP contribution is -2.48. The first kappa shape index (κ1) is 17.5. The number of halogens is 4. The maximum atomic E-state index is 12.5. The van der Waals surface area contributed by atoms with E-state index in [1.165, 1.54) is 0 Å². The van der Waals surface area contributed by atoms with Crippen molar-refractivity contribution in [3.63, 3.8) is 0 Å². The summed E-state index contributed by atoms with van der Waals surface area (Å²) in [5, 5.41) is 12.2. The van der Waals surface area contributed by atoms with E-state index >= 15 is 0 Å². The van der Waals surface area contributed by atoms with Crippen LogP contribution in [0.1, 0.15) is 13.3 Å². The van der Waals surface area contributed by atoms with Gasteiger partial charge in [0.2, 0.25) is 5.91 Å². The summed E-state index contributed by atoms with van der Waals surface area (Å²) in [6, 6.07) is 0. The quantitative estimate of drug-likeness (QED) is 0.808. The third-order valence-corrected chi connectivity index (χ3v) is 3.02. The van der Waals surface area contributed by atoms with Crippen LogP contribution < -0.4 is 5.32 Å². The zero-order valence-corrected chi connectivity index (χ0v) is 11.1. The van der Waals surface area contributed by atoms with Crippen molar-refractivity contribution in [2.45, 2.75) is 25.1 Å². The van der Waals surface area contributed by atoms with E-state index < -0.39 is 30.7 Å². The highest BCUT2D eigenvalue weighted by atomic mass is 35.5. The lowest BCUT2D eigenvalue weighted by molar-refractivity contribution is -0.253. The van der Waals surface area contributed by atoms with Crippen LogP contribution in [-0.2, 0) is 4.79 Å². The Kier molecular flexibility index (Phi) is 5.90. The summed E-state index contributed by atoms with van der Waals surface area (Å²) in [5.41, 5.74) is -2.75. The van der Waals surface area contributed by atoms with Gasteiger partial charge >= 0.3 is 6.18 Å². The molecule has 1 amide bonds. The summed E-state index contributed by atoms with van der Waals surface area (Å²) < 4.78 is 37.6. The standard InChI is InChI=1S/C10H17F3N2O2.ClH/c1-7(5-14-2)8(16)15-4-3-9(17,6-15)10(11,12)13;/h7,14,17H,3-6H2,1-2H3;1H. The third kappa shape index (κ3) is 3.49. The van der Waals surface area contributed by atoms with Crippen LogP contribution in [0.2, 0.25) is 0 Å². The van der Waals surface area contributed by atoms with E-state index in [-0.39, 0.29) is 24.9 Å². The van der Waals surface area contributed by atoms with Crippen molar-refractivity contribution in [3.05, 3.63) is 0 Å². The number of rotatable bonds is 3. The SMILES string of the molecule is CNCC(C)C(=O)N1CCC(O)(C(F)(F)F)C1.Cl. The van der Waals surface area contributed by atoms with Gasteiger partial charge in [0.1, 0.15) is 0 Å². The van der Waals surface area contributed by atoms with Gasteiger partial charge in [0, 0.05) is 25.4 Å². The molecule has 1 aliphatic heterocycles. The predicted octanol–water partition coefficient (Wildman–Crippen LogP) is 0.789. The van der Waals surface area contributed by atoms with Crippen molar-refractivity contribution in [2.24, 2.45) is 5.92 Å². The second-order valence-electron chi connectivity index (χ2n) is 4.50. The fraction of sp³-hybridized carbons (Fsp3) is 0.900. The van der Waals surface area contributed by atoms with Gasteiger partial charge in [0.05, 0.1) is 6.54 Å². The highest BCUT2D eigenvalue weighted by Gasteiger charge is 2.57. The van der Waals surface area contributed by atoms with Crippen molar-refractivity contribution in [3.8, 4) is 0 Å². The van der Waals surface area contributed by atoms with Crippen LogP contribution >= 0.6 is 12.4 Å². The number of likely N-dealkylation sites (tertiary alicyclic amines) is 1. The molecule has 8 heteroatoms. The molecule has 2 unspecified atom stereocenters. The van der Waals surface area contributed by atoms with Gasteiger partial charge in [0.15, 0.2) is 5.60 Å². The number of hydrogen-bond donors (Lipinski definition) is 2. The first-order valence-electron chi connectivity index (χ1n) is 5.44. The van der Waals surface area contributed by atoms with Gasteiger partial charge in [-0.25, -0.2) is 0 Å². The van der Waals surface area contributed by atoms with E-state index in [9.17, 15) is 23.1 Å². The monoisotopic (exact) mass is 290 g/mol. The van der Waals surface area contributed by atoms with Gasteiger partial charge in [-0.2, -0.15) is 13.2 Å². The topological polar surface area (TPSA) is 52.6 Å². The highest BCUT2D eigenvalue weighted by Crippen LogP contribution is 2.37. The summed E-state index contributed by atoms with van der Waals surface area (Å²) in [5.74, 6) is -0.755. The Morgan fingerprint density at radius 1 is 1.56 bits per heavy atom. The molecule has 1 heterocycles. The minimum atomic E-state index is -4.69. The second-order valence-corrected chi connectivity index (χ2v) is 4.50. The Bertz CT molecular complexity index is 301. The average molecular weight is 291 g/mol. The summed E-state index contributed by atoms with van der Waals surface area (Å²) in [6.45, 7) is 1.33. The molecule has 2 N–H and O–H groups in total. The number of nitrogens with one attached hydrogen (secondary N) is 1. The molecule has 2 atom stereocenters. The van der Waals surface area contributed by atoms with Crippen LogP contribution in [0.4, 0.5) is 13.2 Å². The number of carbonyl (C=O) groups is 1. The number of nitrogens with zero attached hydrogens (tertiary/aromatic N) is 1. The highest BCUT2D eigenvalue weighted by molar-refractivity contribution is 5.85. The Morgan fingerprint density at radius 3 is 2.50 bits per heavy atom. The van der Waals surface area contributed by atoms with E-state index in [1.54, 1.807) is 14.0 Å². The van der Waals surface area contributed by atoms with E-state index in [1.807, 2.05) is 0 Å². The van der Waals surface area contributed by atoms with Crippen LogP contribution in [-0.4, -0.2) is 54.4 Å². The molecule has 0 radical (unpaired) electrons. The van der Waals surface area contributed by atoms with E-state index in [4.69, 9.17) is 0 Å². The molecule has 1 aliphatic rings. The first-order chi connectivity index (χ1) is 7.71. The van der Waals surface area contributed by atoms with Gasteiger partial charge in [-0.05, 0) is 7.05 Å². The number of hydrogen-bond acceptors (Lipinski definition) is 3. The van der Waals surface area contributed by atoms with Crippen LogP contribution in [0.15, 0.2) is 0 Å². The number of carbonyl (C=O) groups excluding carboxylic acids is 1. The molecule has 0 aromatic carbocycles. The average Bonchev–Trinajstić information content (AvgIpc) is 2.60. The molecule has 0 aromatic rings. The largest absolute Gasteiger partial charge is 0.419 e. The van der Waals surface area contributed by atoms with E-state index in [0.717, 1.165) is 4.90 Å². The van der Waals surface area contributed by atoms with Crippen molar-refractivity contribution in [1.82, 2.24) is 10.2 Å². The number of β-amino-alcohol motifs (C(OH)–C–C–N with tert-alkyl or cyclic N) is 1.